The Morgan fingerprint density at radius 1 is 1.40 bits per heavy atom. The van der Waals surface area contributed by atoms with Crippen molar-refractivity contribution in [1.82, 2.24) is 4.90 Å². The highest BCUT2D eigenvalue weighted by atomic mass is 16.7. The highest BCUT2D eigenvalue weighted by Gasteiger charge is 2.47. The predicted octanol–water partition coefficient (Wildman–Crippen LogP) is 1.34. The maximum atomic E-state index is 11.8. The van der Waals surface area contributed by atoms with Gasteiger partial charge < -0.3 is 19.5 Å². The smallest absolute Gasteiger partial charge is 0.334 e. The van der Waals surface area contributed by atoms with E-state index in [1.165, 1.54) is 4.90 Å². The summed E-state index contributed by atoms with van der Waals surface area (Å²) in [7, 11) is 0. The first-order valence-electron chi connectivity index (χ1n) is 6.44. The van der Waals surface area contributed by atoms with Gasteiger partial charge in [-0.3, -0.25) is 4.79 Å². The van der Waals surface area contributed by atoms with Crippen molar-refractivity contribution in [1.29, 1.82) is 0 Å². The Bertz CT molecular complexity index is 569. The summed E-state index contributed by atoms with van der Waals surface area (Å²) in [5, 5.41) is 9.64. The molecule has 1 heterocycles. The summed E-state index contributed by atoms with van der Waals surface area (Å²) in [4.78, 5) is 24.5. The van der Waals surface area contributed by atoms with Crippen molar-refractivity contribution in [2.45, 2.75) is 31.3 Å². The van der Waals surface area contributed by atoms with Gasteiger partial charge in [0.1, 0.15) is 0 Å². The molecule has 1 aromatic carbocycles. The van der Waals surface area contributed by atoms with Crippen molar-refractivity contribution in [3.05, 3.63) is 23.8 Å². The molecule has 1 unspecified atom stereocenters. The summed E-state index contributed by atoms with van der Waals surface area (Å²) in [6, 6.07) is 4.98. The first-order chi connectivity index (χ1) is 9.57. The van der Waals surface area contributed by atoms with Crippen LogP contribution < -0.4 is 9.47 Å². The Morgan fingerprint density at radius 3 is 2.70 bits per heavy atom. The van der Waals surface area contributed by atoms with Gasteiger partial charge in [-0.15, -0.1) is 0 Å². The molecule has 2 aliphatic rings. The van der Waals surface area contributed by atoms with Crippen molar-refractivity contribution in [2.24, 2.45) is 0 Å². The number of benzene rings is 1. The number of carboxylic acid groups (broad SMARTS) is 1. The van der Waals surface area contributed by atoms with E-state index in [1.807, 2.05) is 0 Å². The van der Waals surface area contributed by atoms with E-state index in [1.54, 1.807) is 25.1 Å². The SMILES string of the molecule is CC(C(=O)O)(c1ccc2c(c1)OCO2)N(C=O)C1CC1. The molecule has 6 nitrogen and oxygen atoms in total. The molecule has 0 radical (unpaired) electrons. The molecule has 1 amide bonds. The molecule has 0 spiro atoms. The molecule has 1 atom stereocenters. The number of fused-ring (bicyclic) bond motifs is 1. The number of rotatable bonds is 5. The van der Waals surface area contributed by atoms with Crippen LogP contribution in [0.1, 0.15) is 25.3 Å². The number of hydrogen-bond acceptors (Lipinski definition) is 4. The second-order valence-corrected chi connectivity index (χ2v) is 5.19. The van der Waals surface area contributed by atoms with E-state index >= 15 is 0 Å². The van der Waals surface area contributed by atoms with Crippen molar-refractivity contribution >= 4 is 12.4 Å². The molecule has 1 aliphatic carbocycles. The maximum absolute atomic E-state index is 11.8. The Kier molecular flexibility index (Phi) is 2.81. The Labute approximate surface area is 115 Å². The number of amides is 1. The van der Waals surface area contributed by atoms with E-state index in [2.05, 4.69) is 0 Å². The third kappa shape index (κ3) is 1.79. The van der Waals surface area contributed by atoms with E-state index in [9.17, 15) is 14.7 Å². The lowest BCUT2D eigenvalue weighted by Gasteiger charge is -2.35. The fourth-order valence-electron chi connectivity index (χ4n) is 2.49. The number of carbonyl (C=O) groups excluding carboxylic acids is 1. The van der Waals surface area contributed by atoms with Crippen LogP contribution in [0.5, 0.6) is 11.5 Å². The van der Waals surface area contributed by atoms with Gasteiger partial charge in [0.05, 0.1) is 0 Å². The largest absolute Gasteiger partial charge is 0.479 e. The maximum Gasteiger partial charge on any atom is 0.334 e. The normalized spacial score (nSPS) is 19.2. The first-order valence-corrected chi connectivity index (χ1v) is 6.44. The third-order valence-corrected chi connectivity index (χ3v) is 3.92. The molecule has 0 aromatic heterocycles. The van der Waals surface area contributed by atoms with Crippen molar-refractivity contribution in [3.8, 4) is 11.5 Å². The number of hydrogen-bond donors (Lipinski definition) is 1. The number of nitrogens with zero attached hydrogens (tertiary/aromatic N) is 1. The zero-order chi connectivity index (χ0) is 14.3. The zero-order valence-electron chi connectivity index (χ0n) is 11.0. The van der Waals surface area contributed by atoms with E-state index in [4.69, 9.17) is 9.47 Å². The summed E-state index contributed by atoms with van der Waals surface area (Å²) in [6.07, 6.45) is 2.30. The third-order valence-electron chi connectivity index (χ3n) is 3.92. The molecule has 106 valence electrons. The average molecular weight is 277 g/mol. The molecule has 20 heavy (non-hydrogen) atoms. The lowest BCUT2D eigenvalue weighted by molar-refractivity contribution is -0.155. The second kappa shape index (κ2) is 4.40. The fraction of sp³-hybridized carbons (Fsp3) is 0.429. The quantitative estimate of drug-likeness (QED) is 0.822. The van der Waals surface area contributed by atoms with Crippen LogP contribution in [0.2, 0.25) is 0 Å². The molecule has 0 saturated heterocycles. The van der Waals surface area contributed by atoms with E-state index < -0.39 is 11.5 Å². The van der Waals surface area contributed by atoms with Crippen LogP contribution >= 0.6 is 0 Å². The number of aliphatic carboxylic acids is 1. The minimum Gasteiger partial charge on any atom is -0.479 e. The number of ether oxygens (including phenoxy) is 2. The lowest BCUT2D eigenvalue weighted by atomic mass is 9.89. The van der Waals surface area contributed by atoms with Gasteiger partial charge in [0.25, 0.3) is 0 Å². The van der Waals surface area contributed by atoms with Gasteiger partial charge >= 0.3 is 5.97 Å². The minimum absolute atomic E-state index is 0.000905. The summed E-state index contributed by atoms with van der Waals surface area (Å²) in [5.74, 6) is 0.0394. The zero-order valence-corrected chi connectivity index (χ0v) is 11.0. The molecular weight excluding hydrogens is 262 g/mol. The lowest BCUT2D eigenvalue weighted by Crippen LogP contribution is -2.50. The van der Waals surface area contributed by atoms with Gasteiger partial charge in [-0.25, -0.2) is 4.79 Å². The standard InChI is InChI=1S/C14H15NO5/c1-14(13(17)18,15(7-16)10-3-4-10)9-2-5-11-12(6-9)20-8-19-11/h2,5-7,10H,3-4,8H2,1H3,(H,17,18). The van der Waals surface area contributed by atoms with Gasteiger partial charge in [-0.2, -0.15) is 0 Å². The van der Waals surface area contributed by atoms with E-state index in [0.717, 1.165) is 12.8 Å². The van der Waals surface area contributed by atoms with Crippen LogP contribution in [-0.2, 0) is 15.1 Å². The molecule has 1 fully saturated rings. The molecule has 1 aliphatic heterocycles. The molecular formula is C14H15NO5. The summed E-state index contributed by atoms with van der Waals surface area (Å²) >= 11 is 0. The van der Waals surface area contributed by atoms with E-state index in [-0.39, 0.29) is 12.8 Å². The summed E-state index contributed by atoms with van der Waals surface area (Å²) in [5.41, 5.74) is -0.891. The van der Waals surface area contributed by atoms with Gasteiger partial charge in [0.15, 0.2) is 17.0 Å². The molecule has 0 bridgehead atoms. The fourth-order valence-corrected chi connectivity index (χ4v) is 2.49. The molecule has 1 saturated carbocycles. The highest BCUT2D eigenvalue weighted by molar-refractivity contribution is 5.83. The molecule has 1 aromatic rings. The Hall–Kier alpha value is -2.24. The van der Waals surface area contributed by atoms with Gasteiger partial charge in [-0.05, 0) is 37.5 Å². The van der Waals surface area contributed by atoms with Crippen LogP contribution in [0.4, 0.5) is 0 Å². The molecule has 3 rings (SSSR count). The van der Waals surface area contributed by atoms with Crippen LogP contribution in [-0.4, -0.2) is 35.2 Å². The topological polar surface area (TPSA) is 76.1 Å². The van der Waals surface area contributed by atoms with Gasteiger partial charge in [-0.1, -0.05) is 6.07 Å². The average Bonchev–Trinajstić information content (AvgIpc) is 3.15. The Balaban J connectivity index is 2.05. The van der Waals surface area contributed by atoms with Crippen LogP contribution in [0.25, 0.3) is 0 Å². The van der Waals surface area contributed by atoms with Crippen molar-refractivity contribution < 1.29 is 24.2 Å². The summed E-state index contributed by atoms with van der Waals surface area (Å²) in [6.45, 7) is 1.67. The predicted molar refractivity (Wildman–Crippen MR) is 68.5 cm³/mol. The van der Waals surface area contributed by atoms with Gasteiger partial charge in [0, 0.05) is 6.04 Å². The number of carboxylic acids is 1. The first kappa shape index (κ1) is 12.8. The monoisotopic (exact) mass is 277 g/mol. The van der Waals surface area contributed by atoms with E-state index in [0.29, 0.717) is 23.5 Å². The minimum atomic E-state index is -1.40. The number of carbonyl (C=O) groups is 2. The van der Waals surface area contributed by atoms with Gasteiger partial charge in [0.2, 0.25) is 13.2 Å². The van der Waals surface area contributed by atoms with Crippen LogP contribution in [0.3, 0.4) is 0 Å². The molecule has 1 N–H and O–H groups in total. The molecule has 6 heteroatoms. The van der Waals surface area contributed by atoms with Crippen molar-refractivity contribution in [2.75, 3.05) is 6.79 Å². The Morgan fingerprint density at radius 2 is 2.10 bits per heavy atom. The van der Waals surface area contributed by atoms with Crippen LogP contribution in [0.15, 0.2) is 18.2 Å². The second-order valence-electron chi connectivity index (χ2n) is 5.19. The highest BCUT2D eigenvalue weighted by Crippen LogP contribution is 2.41. The van der Waals surface area contributed by atoms with Crippen LogP contribution in [0, 0.1) is 0 Å². The van der Waals surface area contributed by atoms with Crippen molar-refractivity contribution in [3.63, 3.8) is 0 Å². The summed E-state index contributed by atoms with van der Waals surface area (Å²) < 4.78 is 10.5.